The van der Waals surface area contributed by atoms with Crippen LogP contribution in [0.3, 0.4) is 0 Å². The van der Waals surface area contributed by atoms with Gasteiger partial charge in [0.05, 0.1) is 6.54 Å². The number of carboxylic acid groups (broad SMARTS) is 2. The molecule has 0 aliphatic carbocycles. The van der Waals surface area contributed by atoms with Gasteiger partial charge in [-0.2, -0.15) is 0 Å². The number of amides is 1. The van der Waals surface area contributed by atoms with Crippen LogP contribution in [0.1, 0.15) is 11.1 Å². The van der Waals surface area contributed by atoms with E-state index in [4.69, 9.17) is 19.8 Å². The van der Waals surface area contributed by atoms with Gasteiger partial charge >= 0.3 is 11.9 Å². The van der Waals surface area contributed by atoms with Crippen molar-refractivity contribution in [1.82, 2.24) is 9.80 Å². The molecule has 0 spiro atoms. The molecular weight excluding hydrogens is 288 g/mol. The van der Waals surface area contributed by atoms with Crippen molar-refractivity contribution in [3.05, 3.63) is 35.4 Å². The normalized spacial score (nSPS) is 13.0. The number of fused-ring (bicyclic) bond motifs is 1. The highest BCUT2D eigenvalue weighted by Crippen LogP contribution is 2.18. The predicted octanol–water partition coefficient (Wildman–Crippen LogP) is 0.288. The standard InChI is InChI=1S/C13H18N2O.C2H2O4/c1-14(2)10-13(16)15-8-7-11-5-3-4-6-12(11)9-15;3-1(4)2(5)6/h3-6H,7-10H2,1-2H3;(H,3,4)(H,5,6). The van der Waals surface area contributed by atoms with Gasteiger partial charge in [-0.1, -0.05) is 24.3 Å². The number of nitrogens with zero attached hydrogens (tertiary/aromatic N) is 2. The number of carboxylic acids is 2. The number of aliphatic carboxylic acids is 2. The Kier molecular flexibility index (Phi) is 6.52. The van der Waals surface area contributed by atoms with Crippen LogP contribution in [0.5, 0.6) is 0 Å². The monoisotopic (exact) mass is 308 g/mol. The Morgan fingerprint density at radius 2 is 1.64 bits per heavy atom. The Hall–Kier alpha value is -2.41. The van der Waals surface area contributed by atoms with Crippen LogP contribution in [0.2, 0.25) is 0 Å². The van der Waals surface area contributed by atoms with Gasteiger partial charge in [0.15, 0.2) is 0 Å². The maximum absolute atomic E-state index is 11.9. The first kappa shape index (κ1) is 17.6. The topological polar surface area (TPSA) is 98.2 Å². The first-order chi connectivity index (χ1) is 10.3. The van der Waals surface area contributed by atoms with E-state index in [1.165, 1.54) is 11.1 Å². The Bertz CT molecular complexity index is 545. The molecule has 7 nitrogen and oxygen atoms in total. The minimum atomic E-state index is -1.82. The number of rotatable bonds is 2. The van der Waals surface area contributed by atoms with Gasteiger partial charge in [-0.25, -0.2) is 9.59 Å². The van der Waals surface area contributed by atoms with E-state index in [0.717, 1.165) is 19.5 Å². The summed E-state index contributed by atoms with van der Waals surface area (Å²) in [5.74, 6) is -3.43. The zero-order chi connectivity index (χ0) is 16.7. The van der Waals surface area contributed by atoms with Gasteiger partial charge in [-0.3, -0.25) is 4.79 Å². The molecule has 1 amide bonds. The number of hydrogen-bond acceptors (Lipinski definition) is 4. The molecule has 0 aromatic heterocycles. The first-order valence-corrected chi connectivity index (χ1v) is 6.76. The lowest BCUT2D eigenvalue weighted by Crippen LogP contribution is -2.40. The number of carbonyl (C=O) groups excluding carboxylic acids is 1. The number of benzene rings is 1. The van der Waals surface area contributed by atoms with Gasteiger partial charge in [-0.15, -0.1) is 0 Å². The van der Waals surface area contributed by atoms with Crippen molar-refractivity contribution >= 4 is 17.8 Å². The molecule has 1 aromatic carbocycles. The van der Waals surface area contributed by atoms with Crippen molar-refractivity contribution in [2.24, 2.45) is 0 Å². The van der Waals surface area contributed by atoms with Gasteiger partial charge in [0.25, 0.3) is 0 Å². The quantitative estimate of drug-likeness (QED) is 0.762. The molecule has 1 aliphatic heterocycles. The van der Waals surface area contributed by atoms with E-state index in [0.29, 0.717) is 6.54 Å². The summed E-state index contributed by atoms with van der Waals surface area (Å²) in [6.45, 7) is 2.12. The van der Waals surface area contributed by atoms with Gasteiger partial charge < -0.3 is 20.0 Å². The predicted molar refractivity (Wildman–Crippen MR) is 79.4 cm³/mol. The van der Waals surface area contributed by atoms with Crippen LogP contribution in [0, 0.1) is 0 Å². The van der Waals surface area contributed by atoms with Gasteiger partial charge in [0, 0.05) is 13.1 Å². The molecule has 0 atom stereocenters. The number of likely N-dealkylation sites (N-methyl/N-ethyl adjacent to an activating group) is 1. The minimum absolute atomic E-state index is 0.222. The smallest absolute Gasteiger partial charge is 0.414 e. The molecular formula is C15H20N2O5. The molecule has 0 saturated heterocycles. The molecule has 1 aromatic rings. The highest BCUT2D eigenvalue weighted by molar-refractivity contribution is 6.27. The summed E-state index contributed by atoms with van der Waals surface area (Å²) in [7, 11) is 3.85. The van der Waals surface area contributed by atoms with Gasteiger partial charge in [0.1, 0.15) is 0 Å². The fourth-order valence-corrected chi connectivity index (χ4v) is 2.08. The van der Waals surface area contributed by atoms with E-state index >= 15 is 0 Å². The summed E-state index contributed by atoms with van der Waals surface area (Å²) in [5.41, 5.74) is 2.68. The highest BCUT2D eigenvalue weighted by Gasteiger charge is 2.20. The lowest BCUT2D eigenvalue weighted by molar-refractivity contribution is -0.159. The Balaban J connectivity index is 0.000000346. The third kappa shape index (κ3) is 5.53. The molecule has 0 saturated carbocycles. The van der Waals surface area contributed by atoms with E-state index in [9.17, 15) is 4.79 Å². The summed E-state index contributed by atoms with van der Waals surface area (Å²) in [4.78, 5) is 34.0. The second-order valence-corrected chi connectivity index (χ2v) is 5.18. The van der Waals surface area contributed by atoms with Gasteiger partial charge in [0.2, 0.25) is 5.91 Å². The lowest BCUT2D eigenvalue weighted by Gasteiger charge is -2.29. The molecule has 22 heavy (non-hydrogen) atoms. The summed E-state index contributed by atoms with van der Waals surface area (Å²) in [5, 5.41) is 14.8. The average molecular weight is 308 g/mol. The summed E-state index contributed by atoms with van der Waals surface area (Å²) >= 11 is 0. The molecule has 120 valence electrons. The van der Waals surface area contributed by atoms with Crippen LogP contribution in [0.25, 0.3) is 0 Å². The second-order valence-electron chi connectivity index (χ2n) is 5.18. The van der Waals surface area contributed by atoms with Crippen LogP contribution in [-0.4, -0.2) is 65.0 Å². The summed E-state index contributed by atoms with van der Waals surface area (Å²) in [6, 6.07) is 8.38. The maximum atomic E-state index is 11.9. The van der Waals surface area contributed by atoms with E-state index in [1.54, 1.807) is 0 Å². The third-order valence-corrected chi connectivity index (χ3v) is 3.12. The molecule has 7 heteroatoms. The first-order valence-electron chi connectivity index (χ1n) is 6.76. The van der Waals surface area contributed by atoms with Crippen molar-refractivity contribution in [2.45, 2.75) is 13.0 Å². The molecule has 2 N–H and O–H groups in total. The average Bonchev–Trinajstić information content (AvgIpc) is 2.46. The molecule has 0 bridgehead atoms. The summed E-state index contributed by atoms with van der Waals surface area (Å²) < 4.78 is 0. The van der Waals surface area contributed by atoms with Crippen LogP contribution in [-0.2, 0) is 27.3 Å². The maximum Gasteiger partial charge on any atom is 0.414 e. The molecule has 0 unspecified atom stereocenters. The van der Waals surface area contributed by atoms with Crippen LogP contribution >= 0.6 is 0 Å². The van der Waals surface area contributed by atoms with Crippen molar-refractivity contribution in [1.29, 1.82) is 0 Å². The Morgan fingerprint density at radius 3 is 2.14 bits per heavy atom. The van der Waals surface area contributed by atoms with Crippen LogP contribution in [0.15, 0.2) is 24.3 Å². The minimum Gasteiger partial charge on any atom is -0.473 e. The fraction of sp³-hybridized carbons (Fsp3) is 0.400. The summed E-state index contributed by atoms with van der Waals surface area (Å²) in [6.07, 6.45) is 0.981. The second kappa shape index (κ2) is 8.14. The van der Waals surface area contributed by atoms with Crippen molar-refractivity contribution in [3.63, 3.8) is 0 Å². The van der Waals surface area contributed by atoms with Crippen LogP contribution < -0.4 is 0 Å². The van der Waals surface area contributed by atoms with E-state index in [1.807, 2.05) is 30.0 Å². The van der Waals surface area contributed by atoms with E-state index in [2.05, 4.69) is 18.2 Å². The molecule has 1 heterocycles. The van der Waals surface area contributed by atoms with Crippen LogP contribution in [0.4, 0.5) is 0 Å². The highest BCUT2D eigenvalue weighted by atomic mass is 16.4. The zero-order valence-corrected chi connectivity index (χ0v) is 12.7. The zero-order valence-electron chi connectivity index (χ0n) is 12.7. The Labute approximate surface area is 128 Å². The fourth-order valence-electron chi connectivity index (χ4n) is 2.08. The Morgan fingerprint density at radius 1 is 1.09 bits per heavy atom. The van der Waals surface area contributed by atoms with E-state index in [-0.39, 0.29) is 5.91 Å². The number of hydrogen-bond donors (Lipinski definition) is 2. The molecule has 2 rings (SSSR count). The molecule has 0 fully saturated rings. The van der Waals surface area contributed by atoms with E-state index < -0.39 is 11.9 Å². The van der Waals surface area contributed by atoms with Crippen molar-refractivity contribution < 1.29 is 24.6 Å². The lowest BCUT2D eigenvalue weighted by atomic mass is 10.00. The number of carbonyl (C=O) groups is 3. The third-order valence-electron chi connectivity index (χ3n) is 3.12. The van der Waals surface area contributed by atoms with Crippen molar-refractivity contribution in [3.8, 4) is 0 Å². The molecule has 1 aliphatic rings. The molecule has 0 radical (unpaired) electrons. The van der Waals surface area contributed by atoms with Crippen molar-refractivity contribution in [2.75, 3.05) is 27.2 Å². The largest absolute Gasteiger partial charge is 0.473 e. The SMILES string of the molecule is CN(C)CC(=O)N1CCc2ccccc2C1.O=C(O)C(=O)O. The van der Waals surface area contributed by atoms with Gasteiger partial charge in [-0.05, 0) is 31.6 Å².